The van der Waals surface area contributed by atoms with Crippen molar-refractivity contribution in [3.05, 3.63) is 77.9 Å². The van der Waals surface area contributed by atoms with Crippen LogP contribution in [0, 0.1) is 5.92 Å². The predicted octanol–water partition coefficient (Wildman–Crippen LogP) is 4.22. The molecule has 29 heavy (non-hydrogen) atoms. The molecule has 0 fully saturated rings. The molecule has 0 saturated heterocycles. The smallest absolute Gasteiger partial charge is 0.231 e. The molecule has 0 amide bonds. The second kappa shape index (κ2) is 7.22. The van der Waals surface area contributed by atoms with Crippen LogP contribution in [-0.4, -0.2) is 18.1 Å². The molecule has 0 bridgehead atoms. The number of hydrazine groups is 1. The van der Waals surface area contributed by atoms with Crippen LogP contribution in [0.3, 0.4) is 0 Å². The van der Waals surface area contributed by atoms with Crippen LogP contribution in [0.4, 0.5) is 5.69 Å². The maximum absolute atomic E-state index is 10.6. The highest BCUT2D eigenvalue weighted by molar-refractivity contribution is 5.57. The number of rotatable bonds is 4. The van der Waals surface area contributed by atoms with Gasteiger partial charge in [0.1, 0.15) is 11.5 Å². The van der Waals surface area contributed by atoms with Gasteiger partial charge in [0.15, 0.2) is 17.7 Å². The van der Waals surface area contributed by atoms with E-state index in [1.807, 2.05) is 60.7 Å². The summed E-state index contributed by atoms with van der Waals surface area (Å²) in [6.45, 7) is 2.31. The normalized spacial score (nSPS) is 21.9. The Morgan fingerprint density at radius 1 is 0.862 bits per heavy atom. The molecule has 0 aromatic heterocycles. The summed E-state index contributed by atoms with van der Waals surface area (Å²) in [4.78, 5) is 0. The standard InChI is InChI=1S/C23H22N2O4/c1-14-22(16-9-5-6-10-18(16)26)17-11-20-21(28-13-27-20)12-19(17)29-23(14)25-24-15-7-3-2-4-8-15/h2-12,14,22-26H,13H2,1H3/t14-,22-,23-/m0/s1. The van der Waals surface area contributed by atoms with Crippen molar-refractivity contribution in [3.63, 3.8) is 0 Å². The van der Waals surface area contributed by atoms with E-state index in [2.05, 4.69) is 17.8 Å². The lowest BCUT2D eigenvalue weighted by molar-refractivity contribution is 0.0858. The molecule has 0 saturated carbocycles. The number of ether oxygens (including phenoxy) is 3. The SMILES string of the molecule is C[C@H]1[C@@H](c2ccccc2O)c2cc3c(cc2O[C@@H]1NNc1ccccc1)OCO3. The number of hydrogen-bond donors (Lipinski definition) is 3. The van der Waals surface area contributed by atoms with E-state index < -0.39 is 0 Å². The van der Waals surface area contributed by atoms with Gasteiger partial charge in [-0.15, -0.1) is 0 Å². The van der Waals surface area contributed by atoms with Gasteiger partial charge in [0.2, 0.25) is 6.79 Å². The minimum Gasteiger partial charge on any atom is -0.508 e. The first kappa shape index (κ1) is 17.7. The molecule has 0 unspecified atom stereocenters. The maximum Gasteiger partial charge on any atom is 0.231 e. The lowest BCUT2D eigenvalue weighted by Gasteiger charge is -2.38. The summed E-state index contributed by atoms with van der Waals surface area (Å²) in [5.41, 5.74) is 9.28. The van der Waals surface area contributed by atoms with Crippen molar-refractivity contribution in [2.75, 3.05) is 12.2 Å². The van der Waals surface area contributed by atoms with Gasteiger partial charge in [-0.25, -0.2) is 0 Å². The monoisotopic (exact) mass is 390 g/mol. The van der Waals surface area contributed by atoms with Gasteiger partial charge in [-0.05, 0) is 24.3 Å². The third kappa shape index (κ3) is 3.21. The quantitative estimate of drug-likeness (QED) is 0.579. The number of benzene rings is 3. The Morgan fingerprint density at radius 2 is 1.59 bits per heavy atom. The second-order valence-electron chi connectivity index (χ2n) is 7.31. The van der Waals surface area contributed by atoms with Gasteiger partial charge in [-0.3, -0.25) is 0 Å². The topological polar surface area (TPSA) is 72.0 Å². The second-order valence-corrected chi connectivity index (χ2v) is 7.31. The molecule has 6 nitrogen and oxygen atoms in total. The Kier molecular flexibility index (Phi) is 4.41. The van der Waals surface area contributed by atoms with Gasteiger partial charge >= 0.3 is 0 Å². The summed E-state index contributed by atoms with van der Waals surface area (Å²) in [6.07, 6.45) is -0.326. The number of nitrogens with one attached hydrogen (secondary N) is 2. The highest BCUT2D eigenvalue weighted by atomic mass is 16.7. The summed E-state index contributed by atoms with van der Waals surface area (Å²) in [5.74, 6) is 2.30. The van der Waals surface area contributed by atoms with Crippen LogP contribution in [0.1, 0.15) is 24.0 Å². The fourth-order valence-electron chi connectivity index (χ4n) is 4.02. The van der Waals surface area contributed by atoms with Crippen LogP contribution in [0.5, 0.6) is 23.0 Å². The van der Waals surface area contributed by atoms with Crippen LogP contribution < -0.4 is 25.1 Å². The van der Waals surface area contributed by atoms with Crippen molar-refractivity contribution in [3.8, 4) is 23.0 Å². The number of para-hydroxylation sites is 2. The van der Waals surface area contributed by atoms with Crippen molar-refractivity contribution >= 4 is 5.69 Å². The van der Waals surface area contributed by atoms with Gasteiger partial charge in [0, 0.05) is 34.7 Å². The number of fused-ring (bicyclic) bond motifs is 2. The number of anilines is 1. The molecule has 0 radical (unpaired) electrons. The van der Waals surface area contributed by atoms with Crippen molar-refractivity contribution in [2.45, 2.75) is 19.1 Å². The van der Waals surface area contributed by atoms with Crippen LogP contribution in [0.2, 0.25) is 0 Å². The molecule has 3 aromatic carbocycles. The number of hydrogen-bond acceptors (Lipinski definition) is 6. The Balaban J connectivity index is 1.53. The molecule has 2 heterocycles. The lowest BCUT2D eigenvalue weighted by atomic mass is 9.78. The summed E-state index contributed by atoms with van der Waals surface area (Å²) in [7, 11) is 0. The summed E-state index contributed by atoms with van der Waals surface area (Å²) in [6, 6.07) is 21.1. The Labute approximate surface area is 169 Å². The fraction of sp³-hybridized carbons (Fsp3) is 0.217. The van der Waals surface area contributed by atoms with E-state index in [1.165, 1.54) is 0 Å². The molecule has 0 aliphatic carbocycles. The molecule has 3 aromatic rings. The largest absolute Gasteiger partial charge is 0.508 e. The summed E-state index contributed by atoms with van der Waals surface area (Å²) in [5, 5.41) is 10.6. The van der Waals surface area contributed by atoms with Crippen LogP contribution in [-0.2, 0) is 0 Å². The third-order valence-electron chi connectivity index (χ3n) is 5.50. The van der Waals surface area contributed by atoms with E-state index in [9.17, 15) is 5.11 Å². The molecule has 2 aliphatic rings. The summed E-state index contributed by atoms with van der Waals surface area (Å²) < 4.78 is 17.4. The fourth-order valence-corrected chi connectivity index (χ4v) is 4.02. The molecule has 148 valence electrons. The van der Waals surface area contributed by atoms with E-state index in [-0.39, 0.29) is 30.6 Å². The Morgan fingerprint density at radius 3 is 2.38 bits per heavy atom. The molecule has 2 aliphatic heterocycles. The maximum atomic E-state index is 10.6. The average molecular weight is 390 g/mol. The third-order valence-corrected chi connectivity index (χ3v) is 5.50. The average Bonchev–Trinajstić information content (AvgIpc) is 3.20. The van der Waals surface area contributed by atoms with Crippen molar-refractivity contribution in [2.24, 2.45) is 5.92 Å². The zero-order valence-corrected chi connectivity index (χ0v) is 16.0. The van der Waals surface area contributed by atoms with Crippen molar-refractivity contribution in [1.82, 2.24) is 5.43 Å². The predicted molar refractivity (Wildman–Crippen MR) is 109 cm³/mol. The van der Waals surface area contributed by atoms with Crippen molar-refractivity contribution in [1.29, 1.82) is 0 Å². The zero-order chi connectivity index (χ0) is 19.8. The zero-order valence-electron chi connectivity index (χ0n) is 16.0. The van der Waals surface area contributed by atoms with Gasteiger partial charge in [0.25, 0.3) is 0 Å². The number of phenolic OH excluding ortho intramolecular Hbond substituents is 1. The molecule has 0 spiro atoms. The van der Waals surface area contributed by atoms with E-state index in [0.29, 0.717) is 17.2 Å². The first-order chi connectivity index (χ1) is 14.2. The minimum absolute atomic E-state index is 0.0207. The summed E-state index contributed by atoms with van der Waals surface area (Å²) >= 11 is 0. The van der Waals surface area contributed by atoms with Gasteiger partial charge in [0.05, 0.1) is 0 Å². The van der Waals surface area contributed by atoms with E-state index in [4.69, 9.17) is 14.2 Å². The molecular formula is C23H22N2O4. The highest BCUT2D eigenvalue weighted by Crippen LogP contribution is 2.50. The molecule has 5 rings (SSSR count). The van der Waals surface area contributed by atoms with E-state index in [0.717, 1.165) is 16.8 Å². The van der Waals surface area contributed by atoms with Crippen molar-refractivity contribution < 1.29 is 19.3 Å². The molecule has 3 atom stereocenters. The highest BCUT2D eigenvalue weighted by Gasteiger charge is 2.39. The van der Waals surface area contributed by atoms with Crippen LogP contribution in [0.15, 0.2) is 66.7 Å². The number of phenols is 1. The van der Waals surface area contributed by atoms with Gasteiger partial charge in [-0.2, -0.15) is 5.43 Å². The van der Waals surface area contributed by atoms with E-state index >= 15 is 0 Å². The van der Waals surface area contributed by atoms with Gasteiger partial charge in [-0.1, -0.05) is 43.3 Å². The Bertz CT molecular complexity index is 1020. The van der Waals surface area contributed by atoms with Crippen LogP contribution >= 0.6 is 0 Å². The molecular weight excluding hydrogens is 368 g/mol. The lowest BCUT2D eigenvalue weighted by Crippen LogP contribution is -2.47. The van der Waals surface area contributed by atoms with Gasteiger partial charge < -0.3 is 24.7 Å². The molecule has 6 heteroatoms. The van der Waals surface area contributed by atoms with E-state index in [1.54, 1.807) is 6.07 Å². The minimum atomic E-state index is -0.326. The molecule has 3 N–H and O–H groups in total. The first-order valence-corrected chi connectivity index (χ1v) is 9.65. The number of aromatic hydroxyl groups is 1. The first-order valence-electron chi connectivity index (χ1n) is 9.65. The Hall–Kier alpha value is -3.38. The van der Waals surface area contributed by atoms with Crippen LogP contribution in [0.25, 0.3) is 0 Å².